The van der Waals surface area contributed by atoms with E-state index in [4.69, 9.17) is 0 Å². The first-order valence-corrected chi connectivity index (χ1v) is 7.59. The molecule has 0 spiro atoms. The summed E-state index contributed by atoms with van der Waals surface area (Å²) < 4.78 is 1.04. The summed E-state index contributed by atoms with van der Waals surface area (Å²) in [5.74, 6) is 1.48. The average molecular weight is 335 g/mol. The van der Waals surface area contributed by atoms with E-state index < -0.39 is 0 Å². The van der Waals surface area contributed by atoms with Gasteiger partial charge in [0.25, 0.3) is 0 Å². The fraction of sp³-hybridized carbons (Fsp3) is 0.333. The average Bonchev–Trinajstić information content (AvgIpc) is 2.38. The summed E-state index contributed by atoms with van der Waals surface area (Å²) in [6, 6.07) is 9.94. The Morgan fingerprint density at radius 3 is 2.80 bits per heavy atom. The summed E-state index contributed by atoms with van der Waals surface area (Å²) >= 11 is 3.46. The number of aryl methyl sites for hydroxylation is 1. The number of rotatable bonds is 6. The molecule has 0 saturated carbocycles. The molecule has 0 bridgehead atoms. The molecule has 2 aromatic rings. The monoisotopic (exact) mass is 334 g/mol. The number of aromatic nitrogens is 2. The van der Waals surface area contributed by atoms with Crippen molar-refractivity contribution in [2.24, 2.45) is 0 Å². The van der Waals surface area contributed by atoms with Crippen molar-refractivity contribution in [3.63, 3.8) is 0 Å². The number of nitrogens with zero attached hydrogens (tertiary/aromatic N) is 2. The number of unbranched alkanes of at least 4 members (excludes halogenated alkanes) is 1. The lowest BCUT2D eigenvalue weighted by atomic mass is 10.3. The molecule has 0 radical (unpaired) electrons. The molecule has 0 aliphatic carbocycles. The number of halogens is 1. The van der Waals surface area contributed by atoms with Gasteiger partial charge in [0, 0.05) is 28.5 Å². The largest absolute Gasteiger partial charge is 0.354 e. The minimum absolute atomic E-state index is 0.677. The van der Waals surface area contributed by atoms with Crippen LogP contribution in [0.3, 0.4) is 0 Å². The molecule has 106 valence electrons. The van der Waals surface area contributed by atoms with Gasteiger partial charge in [-0.2, -0.15) is 4.98 Å². The highest BCUT2D eigenvalue weighted by molar-refractivity contribution is 9.10. The van der Waals surface area contributed by atoms with Crippen LogP contribution in [0.5, 0.6) is 0 Å². The summed E-state index contributed by atoms with van der Waals surface area (Å²) in [6.07, 6.45) is 2.27. The molecule has 0 amide bonds. The Hall–Kier alpha value is -1.62. The topological polar surface area (TPSA) is 49.8 Å². The smallest absolute Gasteiger partial charge is 0.224 e. The molecule has 0 unspecified atom stereocenters. The van der Waals surface area contributed by atoms with Crippen LogP contribution in [0.4, 0.5) is 17.5 Å². The van der Waals surface area contributed by atoms with Gasteiger partial charge in [-0.1, -0.05) is 35.3 Å². The van der Waals surface area contributed by atoms with E-state index >= 15 is 0 Å². The molecule has 0 aliphatic rings. The SMILES string of the molecule is CCCCNc1nc(C)cc(Nc2cccc(Br)c2)n1. The normalized spacial score (nSPS) is 10.3. The van der Waals surface area contributed by atoms with Gasteiger partial charge in [-0.15, -0.1) is 0 Å². The second-order valence-corrected chi connectivity index (χ2v) is 5.55. The van der Waals surface area contributed by atoms with E-state index in [2.05, 4.69) is 43.5 Å². The molecule has 2 N–H and O–H groups in total. The highest BCUT2D eigenvalue weighted by Gasteiger charge is 2.02. The zero-order valence-electron chi connectivity index (χ0n) is 11.8. The van der Waals surface area contributed by atoms with Crippen molar-refractivity contribution in [1.29, 1.82) is 0 Å². The van der Waals surface area contributed by atoms with E-state index in [1.54, 1.807) is 0 Å². The first kappa shape index (κ1) is 14.8. The van der Waals surface area contributed by atoms with Gasteiger partial charge < -0.3 is 10.6 Å². The van der Waals surface area contributed by atoms with Crippen molar-refractivity contribution in [2.45, 2.75) is 26.7 Å². The third kappa shape index (κ3) is 4.49. The molecule has 0 aliphatic heterocycles. The van der Waals surface area contributed by atoms with Gasteiger partial charge >= 0.3 is 0 Å². The molecule has 20 heavy (non-hydrogen) atoms. The van der Waals surface area contributed by atoms with Crippen LogP contribution in [-0.2, 0) is 0 Å². The molecule has 5 heteroatoms. The summed E-state index contributed by atoms with van der Waals surface area (Å²) in [5.41, 5.74) is 1.94. The summed E-state index contributed by atoms with van der Waals surface area (Å²) in [4.78, 5) is 8.88. The Morgan fingerprint density at radius 2 is 2.05 bits per heavy atom. The quantitative estimate of drug-likeness (QED) is 0.763. The lowest BCUT2D eigenvalue weighted by Crippen LogP contribution is -2.07. The third-order valence-electron chi connectivity index (χ3n) is 2.76. The van der Waals surface area contributed by atoms with E-state index in [9.17, 15) is 0 Å². The summed E-state index contributed by atoms with van der Waals surface area (Å²) in [5, 5.41) is 6.55. The van der Waals surface area contributed by atoms with Gasteiger partial charge in [0.05, 0.1) is 0 Å². The van der Waals surface area contributed by atoms with Gasteiger partial charge in [-0.3, -0.25) is 0 Å². The van der Waals surface area contributed by atoms with Crippen molar-refractivity contribution < 1.29 is 0 Å². The number of anilines is 3. The Bertz CT molecular complexity index is 572. The van der Waals surface area contributed by atoms with Crippen LogP contribution in [0, 0.1) is 6.92 Å². The maximum atomic E-state index is 4.48. The molecule has 0 saturated heterocycles. The van der Waals surface area contributed by atoms with Crippen molar-refractivity contribution in [2.75, 3.05) is 17.2 Å². The van der Waals surface area contributed by atoms with Gasteiger partial charge in [0.2, 0.25) is 5.95 Å². The van der Waals surface area contributed by atoms with Crippen LogP contribution in [0.25, 0.3) is 0 Å². The zero-order chi connectivity index (χ0) is 14.4. The molecular formula is C15H19BrN4. The minimum Gasteiger partial charge on any atom is -0.354 e. The molecule has 0 fully saturated rings. The van der Waals surface area contributed by atoms with Crippen LogP contribution in [-0.4, -0.2) is 16.5 Å². The summed E-state index contributed by atoms with van der Waals surface area (Å²) in [6.45, 7) is 5.04. The highest BCUT2D eigenvalue weighted by atomic mass is 79.9. The predicted octanol–water partition coefficient (Wildman–Crippen LogP) is 4.50. The zero-order valence-corrected chi connectivity index (χ0v) is 13.4. The molecule has 0 atom stereocenters. The van der Waals surface area contributed by atoms with Gasteiger partial charge in [0.15, 0.2) is 0 Å². The Labute approximate surface area is 128 Å². The van der Waals surface area contributed by atoms with Crippen LogP contribution in [0.2, 0.25) is 0 Å². The Kier molecular flexibility index (Phi) is 5.35. The van der Waals surface area contributed by atoms with Gasteiger partial charge in [-0.25, -0.2) is 4.98 Å². The van der Waals surface area contributed by atoms with E-state index in [-0.39, 0.29) is 0 Å². The second-order valence-electron chi connectivity index (χ2n) is 4.63. The number of nitrogens with one attached hydrogen (secondary N) is 2. The second kappa shape index (κ2) is 7.24. The molecule has 1 aromatic carbocycles. The lowest BCUT2D eigenvalue weighted by molar-refractivity contribution is 0.825. The first-order valence-electron chi connectivity index (χ1n) is 6.79. The van der Waals surface area contributed by atoms with E-state index in [1.807, 2.05) is 37.3 Å². The van der Waals surface area contributed by atoms with Crippen molar-refractivity contribution in [3.05, 3.63) is 40.5 Å². The summed E-state index contributed by atoms with van der Waals surface area (Å²) in [7, 11) is 0. The molecular weight excluding hydrogens is 316 g/mol. The van der Waals surface area contributed by atoms with Gasteiger partial charge in [-0.05, 0) is 31.5 Å². The van der Waals surface area contributed by atoms with Crippen molar-refractivity contribution in [3.8, 4) is 0 Å². The third-order valence-corrected chi connectivity index (χ3v) is 3.26. The fourth-order valence-electron chi connectivity index (χ4n) is 1.80. The van der Waals surface area contributed by atoms with Crippen molar-refractivity contribution in [1.82, 2.24) is 9.97 Å². The Balaban J connectivity index is 2.11. The van der Waals surface area contributed by atoms with E-state index in [0.29, 0.717) is 5.95 Å². The van der Waals surface area contributed by atoms with Gasteiger partial charge in [0.1, 0.15) is 5.82 Å². The highest BCUT2D eigenvalue weighted by Crippen LogP contribution is 2.20. The lowest BCUT2D eigenvalue weighted by Gasteiger charge is -2.10. The van der Waals surface area contributed by atoms with Crippen molar-refractivity contribution >= 4 is 33.4 Å². The standard InChI is InChI=1S/C15H19BrN4/c1-3-4-8-17-15-18-11(2)9-14(20-15)19-13-7-5-6-12(16)10-13/h5-7,9-10H,3-4,8H2,1-2H3,(H2,17,18,19,20). The molecule has 1 aromatic heterocycles. The number of hydrogen-bond donors (Lipinski definition) is 2. The van der Waals surface area contributed by atoms with E-state index in [0.717, 1.165) is 41.1 Å². The molecule has 4 nitrogen and oxygen atoms in total. The van der Waals surface area contributed by atoms with Crippen LogP contribution < -0.4 is 10.6 Å². The molecule has 2 rings (SSSR count). The fourth-order valence-corrected chi connectivity index (χ4v) is 2.20. The predicted molar refractivity (Wildman–Crippen MR) is 87.6 cm³/mol. The van der Waals surface area contributed by atoms with E-state index in [1.165, 1.54) is 0 Å². The number of hydrogen-bond acceptors (Lipinski definition) is 4. The number of benzene rings is 1. The Morgan fingerprint density at radius 1 is 1.20 bits per heavy atom. The maximum Gasteiger partial charge on any atom is 0.224 e. The van der Waals surface area contributed by atoms with Crippen LogP contribution in [0.1, 0.15) is 25.5 Å². The first-order chi connectivity index (χ1) is 9.67. The van der Waals surface area contributed by atoms with Crippen LogP contribution >= 0.6 is 15.9 Å². The molecule has 1 heterocycles. The van der Waals surface area contributed by atoms with Crippen LogP contribution in [0.15, 0.2) is 34.8 Å². The minimum atomic E-state index is 0.677. The maximum absolute atomic E-state index is 4.48.